The van der Waals surface area contributed by atoms with Crippen LogP contribution in [-0.4, -0.2) is 34.9 Å². The SMILES string of the molecule is Cn1cc(-c2cc3c(-c4nc5c(-c6cccs6)cccc5[nH]4)n[nH]c3cn2)cn1. The van der Waals surface area contributed by atoms with Gasteiger partial charge in [-0.15, -0.1) is 11.3 Å². The van der Waals surface area contributed by atoms with Crippen molar-refractivity contribution in [2.24, 2.45) is 7.05 Å². The average molecular weight is 397 g/mol. The second-order valence-corrected chi connectivity index (χ2v) is 7.80. The highest BCUT2D eigenvalue weighted by Crippen LogP contribution is 2.33. The van der Waals surface area contributed by atoms with Gasteiger partial charge < -0.3 is 4.98 Å². The van der Waals surface area contributed by atoms with Crippen molar-refractivity contribution in [2.45, 2.75) is 0 Å². The maximum absolute atomic E-state index is 4.90. The third-order valence-corrected chi connectivity index (χ3v) is 5.87. The molecule has 8 heteroatoms. The maximum atomic E-state index is 4.90. The fourth-order valence-electron chi connectivity index (χ4n) is 3.58. The number of hydrogen-bond acceptors (Lipinski definition) is 5. The Labute approximate surface area is 169 Å². The molecule has 0 aliphatic carbocycles. The summed E-state index contributed by atoms with van der Waals surface area (Å²) < 4.78 is 1.77. The number of hydrogen-bond donors (Lipinski definition) is 2. The van der Waals surface area contributed by atoms with Gasteiger partial charge in [-0.1, -0.05) is 18.2 Å². The van der Waals surface area contributed by atoms with E-state index >= 15 is 0 Å². The van der Waals surface area contributed by atoms with Gasteiger partial charge in [0.2, 0.25) is 0 Å². The van der Waals surface area contributed by atoms with Gasteiger partial charge in [0.25, 0.3) is 0 Å². The molecule has 5 heterocycles. The molecular weight excluding hydrogens is 382 g/mol. The van der Waals surface area contributed by atoms with Gasteiger partial charge >= 0.3 is 0 Å². The topological polar surface area (TPSA) is 88.1 Å². The Morgan fingerprint density at radius 1 is 1.07 bits per heavy atom. The zero-order chi connectivity index (χ0) is 19.4. The molecule has 6 aromatic rings. The van der Waals surface area contributed by atoms with Crippen molar-refractivity contribution in [1.82, 2.24) is 34.9 Å². The van der Waals surface area contributed by atoms with Gasteiger partial charge in [-0.25, -0.2) is 4.98 Å². The van der Waals surface area contributed by atoms with Crippen molar-refractivity contribution in [1.29, 1.82) is 0 Å². The molecule has 0 atom stereocenters. The molecule has 0 fully saturated rings. The van der Waals surface area contributed by atoms with Crippen LogP contribution in [0.4, 0.5) is 0 Å². The highest BCUT2D eigenvalue weighted by molar-refractivity contribution is 7.13. The molecule has 140 valence electrons. The van der Waals surface area contributed by atoms with E-state index in [9.17, 15) is 0 Å². The van der Waals surface area contributed by atoms with Crippen LogP contribution < -0.4 is 0 Å². The second-order valence-electron chi connectivity index (χ2n) is 6.85. The highest BCUT2D eigenvalue weighted by atomic mass is 32.1. The molecule has 0 saturated carbocycles. The third-order valence-electron chi connectivity index (χ3n) is 4.97. The fourth-order valence-corrected chi connectivity index (χ4v) is 4.34. The lowest BCUT2D eigenvalue weighted by molar-refractivity contribution is 0.768. The summed E-state index contributed by atoms with van der Waals surface area (Å²) >= 11 is 1.71. The van der Waals surface area contributed by atoms with E-state index in [0.717, 1.165) is 50.3 Å². The van der Waals surface area contributed by atoms with Gasteiger partial charge in [-0.3, -0.25) is 14.8 Å². The zero-order valence-corrected chi connectivity index (χ0v) is 16.2. The normalized spacial score (nSPS) is 11.6. The van der Waals surface area contributed by atoms with Crippen LogP contribution in [0.1, 0.15) is 0 Å². The number of aromatic amines is 2. The first-order valence-corrected chi connectivity index (χ1v) is 10.0. The third kappa shape index (κ3) is 2.57. The molecule has 6 rings (SSSR count). The molecule has 0 saturated heterocycles. The first kappa shape index (κ1) is 16.2. The quantitative estimate of drug-likeness (QED) is 0.456. The second kappa shape index (κ2) is 6.11. The number of H-pyrrole nitrogens is 2. The number of nitrogens with zero attached hydrogens (tertiary/aromatic N) is 5. The Balaban J connectivity index is 1.53. The average Bonchev–Trinajstić information content (AvgIpc) is 3.51. The Kier molecular flexibility index (Phi) is 3.41. The van der Waals surface area contributed by atoms with Crippen molar-refractivity contribution < 1.29 is 0 Å². The Morgan fingerprint density at radius 3 is 2.86 bits per heavy atom. The fraction of sp³-hybridized carbons (Fsp3) is 0.0476. The predicted octanol–water partition coefficient (Wildman–Crippen LogP) is 4.63. The summed E-state index contributed by atoms with van der Waals surface area (Å²) in [5.74, 6) is 0.735. The van der Waals surface area contributed by atoms with Crippen molar-refractivity contribution in [2.75, 3.05) is 0 Å². The minimum absolute atomic E-state index is 0.735. The monoisotopic (exact) mass is 397 g/mol. The standard InChI is InChI=1S/C21H15N7S/c1-28-11-12(9-23-28)16-8-14-17(10-22-16)26-27-20(14)21-24-15-5-2-4-13(19(15)25-21)18-6-3-7-29-18/h2-11H,1H3,(H,24,25)(H,26,27). The lowest BCUT2D eigenvalue weighted by Crippen LogP contribution is -1.85. The molecule has 0 aliphatic heterocycles. The maximum Gasteiger partial charge on any atom is 0.159 e. The van der Waals surface area contributed by atoms with E-state index in [1.54, 1.807) is 22.2 Å². The van der Waals surface area contributed by atoms with E-state index in [0.29, 0.717) is 0 Å². The Bertz CT molecular complexity index is 1470. The molecular formula is C21H15N7S. The van der Waals surface area contributed by atoms with E-state index in [4.69, 9.17) is 4.98 Å². The van der Waals surface area contributed by atoms with Crippen molar-refractivity contribution >= 4 is 33.3 Å². The summed E-state index contributed by atoms with van der Waals surface area (Å²) in [6.07, 6.45) is 5.55. The number of rotatable bonds is 3. The molecule has 2 N–H and O–H groups in total. The van der Waals surface area contributed by atoms with Crippen LogP contribution >= 0.6 is 11.3 Å². The van der Waals surface area contributed by atoms with Crippen LogP contribution in [0, 0.1) is 0 Å². The van der Waals surface area contributed by atoms with Gasteiger partial charge in [0.15, 0.2) is 5.82 Å². The van der Waals surface area contributed by atoms with Crippen LogP contribution in [0.2, 0.25) is 0 Å². The smallest absolute Gasteiger partial charge is 0.159 e. The number of imidazole rings is 1. The first-order valence-electron chi connectivity index (χ1n) is 9.12. The van der Waals surface area contributed by atoms with Crippen molar-refractivity contribution in [3.63, 3.8) is 0 Å². The zero-order valence-electron chi connectivity index (χ0n) is 15.4. The molecule has 0 spiro atoms. The Morgan fingerprint density at radius 2 is 2.03 bits per heavy atom. The number of aromatic nitrogens is 7. The van der Waals surface area contributed by atoms with Crippen LogP contribution in [0.25, 0.3) is 55.2 Å². The van der Waals surface area contributed by atoms with Crippen molar-refractivity contribution in [3.05, 3.63) is 60.4 Å². The molecule has 5 aromatic heterocycles. The van der Waals surface area contributed by atoms with Gasteiger partial charge in [0, 0.05) is 34.6 Å². The molecule has 1 aromatic carbocycles. The van der Waals surface area contributed by atoms with Gasteiger partial charge in [0.1, 0.15) is 5.69 Å². The lowest BCUT2D eigenvalue weighted by atomic mass is 10.1. The summed E-state index contributed by atoms with van der Waals surface area (Å²) in [7, 11) is 1.89. The molecule has 0 bridgehead atoms. The molecule has 0 aliphatic rings. The molecule has 0 amide bonds. The van der Waals surface area contributed by atoms with Gasteiger partial charge in [0.05, 0.1) is 34.6 Å². The number of thiophene rings is 1. The number of nitrogens with one attached hydrogen (secondary N) is 2. The summed E-state index contributed by atoms with van der Waals surface area (Å²) in [6.45, 7) is 0. The van der Waals surface area contributed by atoms with Gasteiger partial charge in [-0.05, 0) is 23.6 Å². The number of fused-ring (bicyclic) bond motifs is 2. The van der Waals surface area contributed by atoms with Crippen LogP contribution in [0.15, 0.2) is 60.4 Å². The summed E-state index contributed by atoms with van der Waals surface area (Å²) in [6, 6.07) is 12.4. The molecule has 29 heavy (non-hydrogen) atoms. The van der Waals surface area contributed by atoms with Gasteiger partial charge in [-0.2, -0.15) is 10.2 Å². The minimum Gasteiger partial charge on any atom is -0.337 e. The van der Waals surface area contributed by atoms with Crippen LogP contribution in [-0.2, 0) is 7.05 Å². The molecule has 0 radical (unpaired) electrons. The van der Waals surface area contributed by atoms with E-state index in [1.807, 2.05) is 37.6 Å². The number of aryl methyl sites for hydroxylation is 1. The number of para-hydroxylation sites is 1. The lowest BCUT2D eigenvalue weighted by Gasteiger charge is -1.98. The van der Waals surface area contributed by atoms with Crippen molar-refractivity contribution in [3.8, 4) is 33.2 Å². The van der Waals surface area contributed by atoms with E-state index in [-0.39, 0.29) is 0 Å². The highest BCUT2D eigenvalue weighted by Gasteiger charge is 2.16. The van der Waals surface area contributed by atoms with E-state index in [1.165, 1.54) is 4.88 Å². The van der Waals surface area contributed by atoms with Crippen LogP contribution in [0.5, 0.6) is 0 Å². The molecule has 0 unspecified atom stereocenters. The van der Waals surface area contributed by atoms with Crippen LogP contribution in [0.3, 0.4) is 0 Å². The first-order chi connectivity index (χ1) is 14.3. The summed E-state index contributed by atoms with van der Waals surface area (Å²) in [4.78, 5) is 14.1. The summed E-state index contributed by atoms with van der Waals surface area (Å²) in [5, 5.41) is 14.9. The number of benzene rings is 1. The van der Waals surface area contributed by atoms with E-state index in [2.05, 4.69) is 48.8 Å². The largest absolute Gasteiger partial charge is 0.337 e. The predicted molar refractivity (Wildman–Crippen MR) is 114 cm³/mol. The number of pyridine rings is 1. The van der Waals surface area contributed by atoms with E-state index < -0.39 is 0 Å². The minimum atomic E-state index is 0.735. The summed E-state index contributed by atoms with van der Waals surface area (Å²) in [5.41, 5.74) is 6.52. The molecule has 7 nitrogen and oxygen atoms in total. The Hall–Kier alpha value is -3.78.